The van der Waals surface area contributed by atoms with Gasteiger partial charge in [0.05, 0.1) is 29.9 Å². The molecule has 0 aliphatic heterocycles. The second kappa shape index (κ2) is 7.99. The number of hydrogen-bond acceptors (Lipinski definition) is 4. The van der Waals surface area contributed by atoms with Crippen molar-refractivity contribution < 1.29 is 23.1 Å². The van der Waals surface area contributed by atoms with Crippen LogP contribution in [0.5, 0.6) is 0 Å². The summed E-state index contributed by atoms with van der Waals surface area (Å²) in [6.45, 7) is 3.71. The largest absolute Gasteiger partial charge is 0.462 e. The van der Waals surface area contributed by atoms with Gasteiger partial charge in [-0.05, 0) is 50.2 Å². The van der Waals surface area contributed by atoms with Crippen molar-refractivity contribution in [2.75, 3.05) is 11.9 Å². The Bertz CT molecular complexity index is 1030. The van der Waals surface area contributed by atoms with Crippen LogP contribution in [-0.2, 0) is 4.74 Å². The van der Waals surface area contributed by atoms with E-state index in [4.69, 9.17) is 4.74 Å². The number of rotatable bonds is 5. The topological polar surface area (TPSA) is 73.2 Å². The van der Waals surface area contributed by atoms with Crippen molar-refractivity contribution in [2.45, 2.75) is 13.8 Å². The van der Waals surface area contributed by atoms with E-state index in [9.17, 15) is 18.4 Å². The summed E-state index contributed by atoms with van der Waals surface area (Å²) >= 11 is 0. The van der Waals surface area contributed by atoms with Crippen molar-refractivity contribution in [1.82, 2.24) is 9.78 Å². The highest BCUT2D eigenvalue weighted by atomic mass is 19.2. The lowest BCUT2D eigenvalue weighted by atomic mass is 10.1. The highest BCUT2D eigenvalue weighted by molar-refractivity contribution is 6.04. The number of halogens is 2. The summed E-state index contributed by atoms with van der Waals surface area (Å²) < 4.78 is 33.5. The molecule has 3 rings (SSSR count). The number of amides is 1. The molecule has 0 spiro atoms. The molecule has 1 heterocycles. The SMILES string of the molecule is CCOC(=O)c1cnn(-c2ccc(C(=O)Nc3cccc(F)c3F)cc2)c1C. The minimum Gasteiger partial charge on any atom is -0.462 e. The Hall–Kier alpha value is -3.55. The summed E-state index contributed by atoms with van der Waals surface area (Å²) in [6, 6.07) is 9.85. The van der Waals surface area contributed by atoms with E-state index >= 15 is 0 Å². The molecule has 0 unspecified atom stereocenters. The van der Waals surface area contributed by atoms with Crippen LogP contribution in [0, 0.1) is 18.6 Å². The first-order valence-electron chi connectivity index (χ1n) is 8.50. The smallest absolute Gasteiger partial charge is 0.341 e. The summed E-state index contributed by atoms with van der Waals surface area (Å²) in [5.74, 6) is -3.20. The van der Waals surface area contributed by atoms with Crippen LogP contribution < -0.4 is 5.32 Å². The maximum atomic E-state index is 13.7. The Labute approximate surface area is 159 Å². The van der Waals surface area contributed by atoms with Gasteiger partial charge >= 0.3 is 5.97 Å². The van der Waals surface area contributed by atoms with E-state index < -0.39 is 23.5 Å². The molecule has 0 radical (unpaired) electrons. The van der Waals surface area contributed by atoms with Crippen molar-refractivity contribution in [3.63, 3.8) is 0 Å². The number of nitrogens with one attached hydrogen (secondary N) is 1. The number of benzene rings is 2. The summed E-state index contributed by atoms with van der Waals surface area (Å²) in [6.07, 6.45) is 1.42. The minimum atomic E-state index is -1.12. The fraction of sp³-hybridized carbons (Fsp3) is 0.150. The molecule has 0 saturated carbocycles. The molecule has 0 fully saturated rings. The second-order valence-electron chi connectivity index (χ2n) is 5.88. The Morgan fingerprint density at radius 2 is 1.86 bits per heavy atom. The quantitative estimate of drug-likeness (QED) is 0.677. The molecule has 8 heteroatoms. The van der Waals surface area contributed by atoms with Gasteiger partial charge in [0.1, 0.15) is 5.56 Å². The minimum absolute atomic E-state index is 0.240. The summed E-state index contributed by atoms with van der Waals surface area (Å²) in [4.78, 5) is 24.2. The van der Waals surface area contributed by atoms with Crippen molar-refractivity contribution in [3.8, 4) is 5.69 Å². The maximum Gasteiger partial charge on any atom is 0.341 e. The lowest BCUT2D eigenvalue weighted by Gasteiger charge is -2.09. The molecular formula is C20H17F2N3O3. The Balaban J connectivity index is 1.79. The van der Waals surface area contributed by atoms with Crippen LogP contribution >= 0.6 is 0 Å². The highest BCUT2D eigenvalue weighted by Crippen LogP contribution is 2.19. The zero-order valence-electron chi connectivity index (χ0n) is 15.2. The van der Waals surface area contributed by atoms with E-state index in [1.165, 1.54) is 30.5 Å². The first kappa shape index (κ1) is 19.2. The third-order valence-electron chi connectivity index (χ3n) is 4.08. The normalized spacial score (nSPS) is 10.6. The number of carbonyl (C=O) groups is 2. The van der Waals surface area contributed by atoms with Crippen molar-refractivity contribution in [2.24, 2.45) is 0 Å². The zero-order chi connectivity index (χ0) is 20.3. The third-order valence-corrected chi connectivity index (χ3v) is 4.08. The van der Waals surface area contributed by atoms with E-state index in [1.807, 2.05) is 0 Å². The number of carbonyl (C=O) groups excluding carboxylic acids is 2. The van der Waals surface area contributed by atoms with E-state index in [-0.39, 0.29) is 17.9 Å². The van der Waals surface area contributed by atoms with Crippen LogP contribution in [0.1, 0.15) is 33.3 Å². The standard InChI is InChI=1S/C20H17F2N3O3/c1-3-28-20(27)15-11-23-25(12(15)2)14-9-7-13(8-10-14)19(26)24-17-6-4-5-16(21)18(17)22/h4-11H,3H2,1-2H3,(H,24,26). The van der Waals surface area contributed by atoms with E-state index in [0.717, 1.165) is 6.07 Å². The first-order valence-corrected chi connectivity index (χ1v) is 8.50. The monoisotopic (exact) mass is 385 g/mol. The molecule has 0 aliphatic carbocycles. The van der Waals surface area contributed by atoms with Crippen LogP contribution in [0.15, 0.2) is 48.7 Å². The summed E-state index contributed by atoms with van der Waals surface area (Å²) in [5, 5.41) is 6.51. The second-order valence-corrected chi connectivity index (χ2v) is 5.88. The molecule has 0 atom stereocenters. The third kappa shape index (κ3) is 3.75. The van der Waals surface area contributed by atoms with Gasteiger partial charge < -0.3 is 10.1 Å². The molecule has 3 aromatic rings. The zero-order valence-corrected chi connectivity index (χ0v) is 15.2. The van der Waals surface area contributed by atoms with Crippen molar-refractivity contribution in [1.29, 1.82) is 0 Å². The molecule has 0 aliphatic rings. The fourth-order valence-electron chi connectivity index (χ4n) is 2.63. The van der Waals surface area contributed by atoms with Gasteiger partial charge in [0.2, 0.25) is 0 Å². The van der Waals surface area contributed by atoms with E-state index in [0.29, 0.717) is 16.9 Å². The molecule has 1 aromatic heterocycles. The predicted molar refractivity (Wildman–Crippen MR) is 98.6 cm³/mol. The van der Waals surface area contributed by atoms with Crippen LogP contribution in [0.4, 0.5) is 14.5 Å². The molecule has 1 N–H and O–H groups in total. The average molecular weight is 385 g/mol. The summed E-state index contributed by atoms with van der Waals surface area (Å²) in [5.41, 5.74) is 1.59. The Kier molecular flexibility index (Phi) is 5.49. The van der Waals surface area contributed by atoms with Crippen molar-refractivity contribution in [3.05, 3.63) is 77.1 Å². The molecule has 28 heavy (non-hydrogen) atoms. The first-order chi connectivity index (χ1) is 13.4. The maximum absolute atomic E-state index is 13.7. The molecule has 6 nitrogen and oxygen atoms in total. The Morgan fingerprint density at radius 3 is 2.54 bits per heavy atom. The lowest BCUT2D eigenvalue weighted by molar-refractivity contribution is 0.0525. The van der Waals surface area contributed by atoms with Gasteiger partial charge in [0, 0.05) is 5.56 Å². The average Bonchev–Trinajstić information content (AvgIpc) is 3.07. The van der Waals surface area contributed by atoms with E-state index in [1.54, 1.807) is 30.7 Å². The molecule has 0 bridgehead atoms. The van der Waals surface area contributed by atoms with Crippen LogP contribution in [-0.4, -0.2) is 28.3 Å². The van der Waals surface area contributed by atoms with Crippen LogP contribution in [0.25, 0.3) is 5.69 Å². The van der Waals surface area contributed by atoms with Gasteiger partial charge in [-0.2, -0.15) is 5.10 Å². The predicted octanol–water partition coefficient (Wildman–Crippen LogP) is 3.89. The van der Waals surface area contributed by atoms with Crippen molar-refractivity contribution >= 4 is 17.6 Å². The van der Waals surface area contributed by atoms with Crippen LogP contribution in [0.3, 0.4) is 0 Å². The number of hydrogen-bond donors (Lipinski definition) is 1. The molecular weight excluding hydrogens is 368 g/mol. The van der Waals surface area contributed by atoms with Gasteiger partial charge in [-0.25, -0.2) is 18.3 Å². The number of nitrogens with zero attached hydrogens (tertiary/aromatic N) is 2. The summed E-state index contributed by atoms with van der Waals surface area (Å²) in [7, 11) is 0. The van der Waals surface area contributed by atoms with Gasteiger partial charge in [-0.3, -0.25) is 4.79 Å². The van der Waals surface area contributed by atoms with Gasteiger partial charge in [0.25, 0.3) is 5.91 Å². The van der Waals surface area contributed by atoms with Gasteiger partial charge in [0.15, 0.2) is 11.6 Å². The number of anilines is 1. The van der Waals surface area contributed by atoms with E-state index in [2.05, 4.69) is 10.4 Å². The van der Waals surface area contributed by atoms with Gasteiger partial charge in [-0.15, -0.1) is 0 Å². The molecule has 0 saturated heterocycles. The van der Waals surface area contributed by atoms with Crippen LogP contribution in [0.2, 0.25) is 0 Å². The van der Waals surface area contributed by atoms with Gasteiger partial charge in [-0.1, -0.05) is 6.07 Å². The Morgan fingerprint density at radius 1 is 1.14 bits per heavy atom. The number of aromatic nitrogens is 2. The lowest BCUT2D eigenvalue weighted by Crippen LogP contribution is -2.13. The number of ether oxygens (including phenoxy) is 1. The molecule has 1 amide bonds. The molecule has 144 valence electrons. The molecule has 2 aromatic carbocycles. The highest BCUT2D eigenvalue weighted by Gasteiger charge is 2.17. The fourth-order valence-corrected chi connectivity index (χ4v) is 2.63. The number of esters is 1.